The van der Waals surface area contributed by atoms with Gasteiger partial charge in [0.05, 0.1) is 0 Å². The zero-order chi connectivity index (χ0) is 19.4. The standard InChI is InChI=1S/C22H26N2O3/c1-16-13-14-24(19(25)15-16)20(21(26)17-9-5-3-6-10-17)22(27)23(2)18-11-7-4-8-12-18/h3,5-6,9-10,13-15,18,20H,4,7-8,11-12H2,1-2H3/t20-/m0/s1. The van der Waals surface area contributed by atoms with Crippen molar-refractivity contribution < 1.29 is 9.59 Å². The summed E-state index contributed by atoms with van der Waals surface area (Å²) in [5, 5.41) is 0. The molecule has 0 unspecified atom stereocenters. The summed E-state index contributed by atoms with van der Waals surface area (Å²) in [5.41, 5.74) is 0.894. The fraction of sp³-hybridized carbons (Fsp3) is 0.409. The molecule has 0 N–H and O–H groups in total. The van der Waals surface area contributed by atoms with Gasteiger partial charge < -0.3 is 4.90 Å². The first-order valence-corrected chi connectivity index (χ1v) is 9.54. The van der Waals surface area contributed by atoms with Crippen molar-refractivity contribution in [2.24, 2.45) is 0 Å². The van der Waals surface area contributed by atoms with Crippen LogP contribution in [0.15, 0.2) is 53.5 Å². The number of amides is 1. The van der Waals surface area contributed by atoms with E-state index in [0.29, 0.717) is 5.56 Å². The summed E-state index contributed by atoms with van der Waals surface area (Å²) in [6.45, 7) is 1.82. The van der Waals surface area contributed by atoms with Gasteiger partial charge in [0.2, 0.25) is 0 Å². The lowest BCUT2D eigenvalue weighted by Crippen LogP contribution is -2.46. The van der Waals surface area contributed by atoms with Crippen molar-refractivity contribution in [2.75, 3.05) is 7.05 Å². The van der Waals surface area contributed by atoms with Crippen LogP contribution in [-0.2, 0) is 4.79 Å². The highest BCUT2D eigenvalue weighted by Gasteiger charge is 2.35. The maximum atomic E-state index is 13.3. The topological polar surface area (TPSA) is 59.4 Å². The van der Waals surface area contributed by atoms with Crippen molar-refractivity contribution in [1.29, 1.82) is 0 Å². The summed E-state index contributed by atoms with van der Waals surface area (Å²) in [7, 11) is 1.75. The Balaban J connectivity index is 2.00. The van der Waals surface area contributed by atoms with Crippen molar-refractivity contribution in [2.45, 2.75) is 51.1 Å². The summed E-state index contributed by atoms with van der Waals surface area (Å²) >= 11 is 0. The molecule has 0 radical (unpaired) electrons. The second kappa shape index (κ2) is 8.33. The molecule has 1 atom stereocenters. The van der Waals surface area contributed by atoms with E-state index >= 15 is 0 Å². The van der Waals surface area contributed by atoms with Crippen LogP contribution in [0.2, 0.25) is 0 Å². The molecule has 3 rings (SSSR count). The SMILES string of the molecule is Cc1ccn([C@@H](C(=O)c2ccccc2)C(=O)N(C)C2CCCCC2)c(=O)c1. The van der Waals surface area contributed by atoms with Crippen molar-refractivity contribution in [1.82, 2.24) is 9.47 Å². The average Bonchev–Trinajstić information content (AvgIpc) is 2.70. The number of hydrogen-bond donors (Lipinski definition) is 0. The number of aromatic nitrogens is 1. The molecule has 5 nitrogen and oxygen atoms in total. The van der Waals surface area contributed by atoms with Gasteiger partial charge >= 0.3 is 0 Å². The second-order valence-corrected chi connectivity index (χ2v) is 7.32. The molecule has 1 aromatic heterocycles. The Labute approximate surface area is 159 Å². The maximum absolute atomic E-state index is 13.3. The number of likely N-dealkylation sites (N-methyl/N-ethyl adjacent to an activating group) is 1. The predicted molar refractivity (Wildman–Crippen MR) is 105 cm³/mol. The first kappa shape index (κ1) is 19.1. The molecule has 0 spiro atoms. The Morgan fingerprint density at radius 2 is 1.74 bits per heavy atom. The first-order chi connectivity index (χ1) is 13.0. The van der Waals surface area contributed by atoms with Gasteiger partial charge in [0.1, 0.15) is 0 Å². The largest absolute Gasteiger partial charge is 0.341 e. The molecule has 1 aliphatic carbocycles. The molecule has 1 aliphatic rings. The Kier molecular flexibility index (Phi) is 5.89. The van der Waals surface area contributed by atoms with E-state index in [1.54, 1.807) is 48.5 Å². The number of hydrogen-bond acceptors (Lipinski definition) is 3. The highest BCUT2D eigenvalue weighted by Crippen LogP contribution is 2.25. The van der Waals surface area contributed by atoms with Gasteiger partial charge in [0.15, 0.2) is 11.8 Å². The number of nitrogens with zero attached hydrogens (tertiary/aromatic N) is 2. The third-order valence-corrected chi connectivity index (χ3v) is 5.39. The van der Waals surface area contributed by atoms with Gasteiger partial charge in [-0.15, -0.1) is 0 Å². The molecule has 5 heteroatoms. The fourth-order valence-corrected chi connectivity index (χ4v) is 3.76. The first-order valence-electron chi connectivity index (χ1n) is 9.54. The molecule has 2 aromatic rings. The van der Waals surface area contributed by atoms with E-state index in [2.05, 4.69) is 0 Å². The molecule has 1 heterocycles. The summed E-state index contributed by atoms with van der Waals surface area (Å²) in [6, 6.07) is 10.9. The number of carbonyl (C=O) groups excluding carboxylic acids is 2. The van der Waals surface area contributed by atoms with Crippen molar-refractivity contribution in [3.05, 3.63) is 70.1 Å². The highest BCUT2D eigenvalue weighted by atomic mass is 16.2. The van der Waals surface area contributed by atoms with Gasteiger partial charge in [-0.05, 0) is 31.4 Å². The van der Waals surface area contributed by atoms with Gasteiger partial charge in [0.25, 0.3) is 11.5 Å². The monoisotopic (exact) mass is 366 g/mol. The molecule has 0 bridgehead atoms. The molecule has 142 valence electrons. The number of benzene rings is 1. The van der Waals surface area contributed by atoms with Gasteiger partial charge in [-0.1, -0.05) is 49.6 Å². The van der Waals surface area contributed by atoms with Crippen molar-refractivity contribution in [3.63, 3.8) is 0 Å². The van der Waals surface area contributed by atoms with Gasteiger partial charge in [0, 0.05) is 30.9 Å². The van der Waals surface area contributed by atoms with Crippen LogP contribution in [-0.4, -0.2) is 34.2 Å². The van der Waals surface area contributed by atoms with Gasteiger partial charge in [-0.25, -0.2) is 0 Å². The zero-order valence-corrected chi connectivity index (χ0v) is 15.9. The van der Waals surface area contributed by atoms with Crippen LogP contribution in [0, 0.1) is 6.92 Å². The number of carbonyl (C=O) groups is 2. The summed E-state index contributed by atoms with van der Waals surface area (Å²) < 4.78 is 1.27. The maximum Gasteiger partial charge on any atom is 0.253 e. The van der Waals surface area contributed by atoms with E-state index in [0.717, 1.165) is 31.2 Å². The van der Waals surface area contributed by atoms with Crippen molar-refractivity contribution >= 4 is 11.7 Å². The predicted octanol–water partition coefficient (Wildman–Crippen LogP) is 3.37. The number of rotatable bonds is 5. The molecule has 1 amide bonds. The van der Waals surface area contributed by atoms with E-state index in [1.807, 2.05) is 13.0 Å². The van der Waals surface area contributed by atoms with Gasteiger partial charge in [-0.3, -0.25) is 19.0 Å². The molecule has 1 aromatic carbocycles. The van der Waals surface area contributed by atoms with E-state index in [4.69, 9.17) is 0 Å². The summed E-state index contributed by atoms with van der Waals surface area (Å²) in [4.78, 5) is 40.8. The minimum atomic E-state index is -1.17. The highest BCUT2D eigenvalue weighted by molar-refractivity contribution is 6.11. The van der Waals surface area contributed by atoms with E-state index in [-0.39, 0.29) is 23.3 Å². The molecule has 27 heavy (non-hydrogen) atoms. The Bertz CT molecular complexity index is 867. The smallest absolute Gasteiger partial charge is 0.253 e. The number of ketones is 1. The number of aryl methyl sites for hydroxylation is 1. The van der Waals surface area contributed by atoms with Crippen LogP contribution >= 0.6 is 0 Å². The number of pyridine rings is 1. The minimum absolute atomic E-state index is 0.124. The van der Waals surface area contributed by atoms with E-state index in [1.165, 1.54) is 17.1 Å². The van der Waals surface area contributed by atoms with Crippen LogP contribution in [0.1, 0.15) is 54.1 Å². The van der Waals surface area contributed by atoms with Gasteiger partial charge in [-0.2, -0.15) is 0 Å². The van der Waals surface area contributed by atoms with Crippen LogP contribution in [0.25, 0.3) is 0 Å². The Hall–Kier alpha value is -2.69. The normalized spacial score (nSPS) is 15.9. The lowest BCUT2D eigenvalue weighted by molar-refractivity contribution is -0.134. The third kappa shape index (κ3) is 4.18. The molecule has 1 saturated carbocycles. The molecule has 1 fully saturated rings. The summed E-state index contributed by atoms with van der Waals surface area (Å²) in [5.74, 6) is -0.670. The quantitative estimate of drug-likeness (QED) is 0.602. The fourth-order valence-electron chi connectivity index (χ4n) is 3.76. The van der Waals surface area contributed by atoms with Crippen molar-refractivity contribution in [3.8, 4) is 0 Å². The summed E-state index contributed by atoms with van der Waals surface area (Å²) in [6.07, 6.45) is 6.79. The van der Waals surface area contributed by atoms with Crippen LogP contribution in [0.3, 0.4) is 0 Å². The molecule has 0 aliphatic heterocycles. The minimum Gasteiger partial charge on any atom is -0.341 e. The third-order valence-electron chi connectivity index (χ3n) is 5.39. The van der Waals surface area contributed by atoms with Crippen LogP contribution in [0.5, 0.6) is 0 Å². The Morgan fingerprint density at radius 1 is 1.07 bits per heavy atom. The lowest BCUT2D eigenvalue weighted by Gasteiger charge is -2.33. The number of Topliss-reactive ketones (excluding diaryl/α,β-unsaturated/α-hetero) is 1. The molecular weight excluding hydrogens is 340 g/mol. The average molecular weight is 366 g/mol. The molecular formula is C22H26N2O3. The van der Waals surface area contributed by atoms with E-state index in [9.17, 15) is 14.4 Å². The Morgan fingerprint density at radius 3 is 2.37 bits per heavy atom. The molecule has 0 saturated heterocycles. The van der Waals surface area contributed by atoms with Crippen LogP contribution < -0.4 is 5.56 Å². The second-order valence-electron chi connectivity index (χ2n) is 7.32. The van der Waals surface area contributed by atoms with Crippen LogP contribution in [0.4, 0.5) is 0 Å². The zero-order valence-electron chi connectivity index (χ0n) is 15.9. The lowest BCUT2D eigenvalue weighted by atomic mass is 9.93. The van der Waals surface area contributed by atoms with E-state index < -0.39 is 6.04 Å².